The van der Waals surface area contributed by atoms with Crippen molar-refractivity contribution in [2.24, 2.45) is 0 Å². The fraction of sp³-hybridized carbons (Fsp3) is 0.333. The highest BCUT2D eigenvalue weighted by atomic mass is 16.7. The summed E-state index contributed by atoms with van der Waals surface area (Å²) in [6.07, 6.45) is 7.19. The minimum atomic E-state index is -0.541. The minimum Gasteiger partial charge on any atom is -0.468 e. The quantitative estimate of drug-likeness (QED) is 0.289. The van der Waals surface area contributed by atoms with Gasteiger partial charge in [0.05, 0.1) is 24.4 Å². The molecule has 7 rings (SSSR count). The van der Waals surface area contributed by atoms with E-state index in [9.17, 15) is 4.79 Å². The molecule has 2 aromatic carbocycles. The maximum atomic E-state index is 13.9. The predicted octanol–water partition coefficient (Wildman–Crippen LogP) is 5.13. The molecule has 1 N–H and O–H groups in total. The first-order chi connectivity index (χ1) is 19.7. The number of tetrazole rings is 1. The number of nitrogens with zero attached hydrogens (tertiary/aromatic N) is 5. The summed E-state index contributed by atoms with van der Waals surface area (Å²) in [6.45, 7) is 1.18. The minimum absolute atomic E-state index is 0.162. The highest BCUT2D eigenvalue weighted by molar-refractivity contribution is 5.83. The monoisotopic (exact) mass is 538 g/mol. The molecule has 204 valence electrons. The molecule has 1 aliphatic heterocycles. The number of hydrogen-bond donors (Lipinski definition) is 1. The normalized spacial score (nSPS) is 16.1. The van der Waals surface area contributed by atoms with Crippen molar-refractivity contribution in [1.29, 1.82) is 0 Å². The Morgan fingerprint density at radius 3 is 2.60 bits per heavy atom. The van der Waals surface area contributed by atoms with Gasteiger partial charge in [-0.3, -0.25) is 9.69 Å². The van der Waals surface area contributed by atoms with Gasteiger partial charge < -0.3 is 18.9 Å². The van der Waals surface area contributed by atoms with Gasteiger partial charge in [0, 0.05) is 23.6 Å². The maximum Gasteiger partial charge on any atom is 0.253 e. The molecule has 0 radical (unpaired) electrons. The van der Waals surface area contributed by atoms with E-state index in [0.717, 1.165) is 42.4 Å². The zero-order valence-electron chi connectivity index (χ0n) is 22.0. The fourth-order valence-corrected chi connectivity index (χ4v) is 5.94. The van der Waals surface area contributed by atoms with Gasteiger partial charge in [0.2, 0.25) is 6.79 Å². The Morgan fingerprint density at radius 1 is 0.975 bits per heavy atom. The second-order valence-electron chi connectivity index (χ2n) is 10.5. The van der Waals surface area contributed by atoms with Gasteiger partial charge in [0.15, 0.2) is 17.3 Å². The van der Waals surface area contributed by atoms with Crippen molar-refractivity contribution in [3.05, 3.63) is 100.0 Å². The van der Waals surface area contributed by atoms with Gasteiger partial charge in [-0.05, 0) is 53.1 Å². The van der Waals surface area contributed by atoms with Crippen molar-refractivity contribution in [3.8, 4) is 11.5 Å². The Bertz CT molecular complexity index is 1660. The van der Waals surface area contributed by atoms with Gasteiger partial charge in [-0.1, -0.05) is 49.6 Å². The van der Waals surface area contributed by atoms with Crippen molar-refractivity contribution in [1.82, 2.24) is 30.1 Å². The Labute approximate surface area is 230 Å². The molecule has 0 spiro atoms. The lowest BCUT2D eigenvalue weighted by atomic mass is 9.95. The zero-order valence-corrected chi connectivity index (χ0v) is 22.0. The third-order valence-electron chi connectivity index (χ3n) is 7.88. The molecule has 5 aromatic rings. The Kier molecular flexibility index (Phi) is 6.52. The van der Waals surface area contributed by atoms with E-state index in [-0.39, 0.29) is 18.4 Å². The van der Waals surface area contributed by atoms with E-state index >= 15 is 0 Å². The van der Waals surface area contributed by atoms with Crippen LogP contribution in [0.5, 0.6) is 11.5 Å². The van der Waals surface area contributed by atoms with Crippen LogP contribution in [0.3, 0.4) is 0 Å². The van der Waals surface area contributed by atoms with E-state index in [1.54, 1.807) is 6.26 Å². The van der Waals surface area contributed by atoms with Crippen molar-refractivity contribution >= 4 is 10.9 Å². The van der Waals surface area contributed by atoms with Crippen LogP contribution >= 0.6 is 0 Å². The van der Waals surface area contributed by atoms with E-state index in [0.29, 0.717) is 41.5 Å². The molecule has 10 nitrogen and oxygen atoms in total. The number of aromatic amines is 1. The average Bonchev–Trinajstić information content (AvgIpc) is 3.76. The molecule has 1 saturated carbocycles. The third-order valence-corrected chi connectivity index (χ3v) is 7.88. The van der Waals surface area contributed by atoms with E-state index in [2.05, 4.69) is 37.5 Å². The summed E-state index contributed by atoms with van der Waals surface area (Å²) >= 11 is 0. The van der Waals surface area contributed by atoms with Crippen LogP contribution in [-0.4, -0.2) is 36.9 Å². The van der Waals surface area contributed by atoms with Crippen LogP contribution in [-0.2, 0) is 13.1 Å². The molecule has 4 heterocycles. The smallest absolute Gasteiger partial charge is 0.253 e. The van der Waals surface area contributed by atoms with Gasteiger partial charge in [0.25, 0.3) is 5.56 Å². The molecule has 10 heteroatoms. The molecular weight excluding hydrogens is 508 g/mol. The third kappa shape index (κ3) is 4.75. The first-order valence-electron chi connectivity index (χ1n) is 13.8. The number of H-pyrrole nitrogens is 1. The van der Waals surface area contributed by atoms with E-state index < -0.39 is 6.04 Å². The number of furan rings is 1. The van der Waals surface area contributed by atoms with Gasteiger partial charge in [-0.25, -0.2) is 4.68 Å². The summed E-state index contributed by atoms with van der Waals surface area (Å²) in [5.41, 5.74) is 2.15. The van der Waals surface area contributed by atoms with Gasteiger partial charge in [-0.2, -0.15) is 0 Å². The molecule has 1 atom stereocenters. The molecular formula is C30H30N6O4. The molecule has 0 amide bonds. The SMILES string of the molecule is O=c1[nH]c2cc3c(cc2cc1[C@@H](c1nnnn1C1CCCCC1)N(Cc1ccccc1)Cc1ccco1)OCO3. The Balaban J connectivity index is 1.40. The van der Waals surface area contributed by atoms with Crippen LogP contribution in [0.25, 0.3) is 10.9 Å². The van der Waals surface area contributed by atoms with E-state index in [4.69, 9.17) is 13.9 Å². The largest absolute Gasteiger partial charge is 0.468 e. The summed E-state index contributed by atoms with van der Waals surface area (Å²) in [4.78, 5) is 19.2. The zero-order chi connectivity index (χ0) is 26.9. The fourth-order valence-electron chi connectivity index (χ4n) is 5.94. The molecule has 40 heavy (non-hydrogen) atoms. The number of pyridine rings is 1. The van der Waals surface area contributed by atoms with Gasteiger partial charge in [0.1, 0.15) is 11.8 Å². The van der Waals surface area contributed by atoms with Crippen molar-refractivity contribution in [3.63, 3.8) is 0 Å². The van der Waals surface area contributed by atoms with E-state index in [1.807, 2.05) is 53.2 Å². The highest BCUT2D eigenvalue weighted by Crippen LogP contribution is 2.38. The summed E-state index contributed by atoms with van der Waals surface area (Å²) in [5, 5.41) is 14.0. The summed E-state index contributed by atoms with van der Waals surface area (Å²) in [6, 6.07) is 19.3. The molecule has 0 saturated heterocycles. The Morgan fingerprint density at radius 2 is 1.80 bits per heavy atom. The van der Waals surface area contributed by atoms with Crippen LogP contribution in [0.1, 0.15) is 66.9 Å². The average molecular weight is 539 g/mol. The molecule has 0 unspecified atom stereocenters. The second kappa shape index (κ2) is 10.6. The number of fused-ring (bicyclic) bond motifs is 2. The molecule has 2 aliphatic rings. The lowest BCUT2D eigenvalue weighted by molar-refractivity contribution is 0.173. The number of aromatic nitrogens is 5. The van der Waals surface area contributed by atoms with Crippen molar-refractivity contribution < 1.29 is 13.9 Å². The molecule has 1 fully saturated rings. The van der Waals surface area contributed by atoms with Crippen LogP contribution in [0, 0.1) is 0 Å². The van der Waals surface area contributed by atoms with Gasteiger partial charge in [-0.15, -0.1) is 5.10 Å². The van der Waals surface area contributed by atoms with Gasteiger partial charge >= 0.3 is 0 Å². The van der Waals surface area contributed by atoms with Crippen LogP contribution in [0.15, 0.2) is 76.1 Å². The van der Waals surface area contributed by atoms with Crippen molar-refractivity contribution in [2.45, 2.75) is 57.3 Å². The molecule has 3 aromatic heterocycles. The molecule has 0 bridgehead atoms. The topological polar surface area (TPSA) is 111 Å². The number of hydrogen-bond acceptors (Lipinski definition) is 8. The maximum absolute atomic E-state index is 13.9. The first-order valence-corrected chi connectivity index (χ1v) is 13.8. The lowest BCUT2D eigenvalue weighted by Crippen LogP contribution is -2.35. The van der Waals surface area contributed by atoms with E-state index in [1.165, 1.54) is 6.42 Å². The summed E-state index contributed by atoms with van der Waals surface area (Å²) in [5.74, 6) is 2.72. The lowest BCUT2D eigenvalue weighted by Gasteiger charge is -2.32. The first kappa shape index (κ1) is 24.6. The predicted molar refractivity (Wildman–Crippen MR) is 147 cm³/mol. The standard InChI is InChI=1S/C30H30N6O4/c37-30-24(14-21-15-26-27(40-19-39-26)16-25(21)31-30)28(29-32-33-34-36(29)22-10-5-2-6-11-22)35(18-23-12-7-13-38-23)17-20-8-3-1-4-9-20/h1,3-4,7-9,12-16,22,28H,2,5-6,10-11,17-19H2,(H,31,37)/t28-/m0/s1. The van der Waals surface area contributed by atoms with Crippen LogP contribution in [0.4, 0.5) is 0 Å². The number of nitrogens with one attached hydrogen (secondary N) is 1. The number of ether oxygens (including phenoxy) is 2. The number of benzene rings is 2. The molecule has 1 aliphatic carbocycles. The Hall–Kier alpha value is -4.44. The summed E-state index contributed by atoms with van der Waals surface area (Å²) in [7, 11) is 0. The van der Waals surface area contributed by atoms with Crippen molar-refractivity contribution in [2.75, 3.05) is 6.79 Å². The highest BCUT2D eigenvalue weighted by Gasteiger charge is 2.33. The second-order valence-corrected chi connectivity index (χ2v) is 10.5. The van der Waals surface area contributed by atoms with Crippen LogP contribution < -0.4 is 15.0 Å². The van der Waals surface area contributed by atoms with Crippen LogP contribution in [0.2, 0.25) is 0 Å². The summed E-state index contributed by atoms with van der Waals surface area (Å²) < 4.78 is 18.9. The number of rotatable bonds is 8.